The molecule has 6 heteroatoms. The molecule has 2 aromatic carbocycles. The second-order valence-electron chi connectivity index (χ2n) is 6.51. The number of benzene rings is 2. The lowest BCUT2D eigenvalue weighted by molar-refractivity contribution is -0.136. The summed E-state index contributed by atoms with van der Waals surface area (Å²) in [4.78, 5) is 30.6. The highest BCUT2D eigenvalue weighted by Crippen LogP contribution is 2.29. The van der Waals surface area contributed by atoms with E-state index in [1.54, 1.807) is 13.1 Å². The van der Waals surface area contributed by atoms with Gasteiger partial charge in [-0.3, -0.25) is 9.59 Å². The fourth-order valence-electron chi connectivity index (χ4n) is 3.26. The zero-order valence-electron chi connectivity index (χ0n) is 15.2. The number of hydrogen-bond acceptors (Lipinski definition) is 2. The number of aromatic nitrogens is 3. The average molecular weight is 373 g/mol. The van der Waals surface area contributed by atoms with Crippen LogP contribution in [0.25, 0.3) is 43.8 Å². The predicted molar refractivity (Wildman–Crippen MR) is 112 cm³/mol. The van der Waals surface area contributed by atoms with Crippen molar-refractivity contribution in [1.29, 1.82) is 0 Å². The Morgan fingerprint density at radius 3 is 2.32 bits per heavy atom. The summed E-state index contributed by atoms with van der Waals surface area (Å²) in [7, 11) is 0. The van der Waals surface area contributed by atoms with Crippen molar-refractivity contribution < 1.29 is 9.90 Å². The summed E-state index contributed by atoms with van der Waals surface area (Å²) in [5, 5.41) is 10.9. The van der Waals surface area contributed by atoms with Gasteiger partial charge in [-0.15, -0.1) is 0 Å². The molecule has 0 spiro atoms. The van der Waals surface area contributed by atoms with Gasteiger partial charge in [0, 0.05) is 40.6 Å². The Hall–Kier alpha value is -3.80. The number of rotatable bonds is 2. The van der Waals surface area contributed by atoms with E-state index in [-0.39, 0.29) is 12.0 Å². The molecule has 28 heavy (non-hydrogen) atoms. The van der Waals surface area contributed by atoms with Crippen LogP contribution >= 0.6 is 0 Å². The van der Waals surface area contributed by atoms with E-state index in [0.717, 1.165) is 32.9 Å². The van der Waals surface area contributed by atoms with Crippen LogP contribution in [0.2, 0.25) is 0 Å². The minimum Gasteiger partial charge on any atom is -0.481 e. The summed E-state index contributed by atoms with van der Waals surface area (Å²) in [6, 6.07) is 16.5. The van der Waals surface area contributed by atoms with E-state index in [1.165, 1.54) is 5.39 Å². The van der Waals surface area contributed by atoms with Gasteiger partial charge in [0.1, 0.15) is 5.52 Å². The fraction of sp³-hybridized carbons (Fsp3) is 0.0909. The van der Waals surface area contributed by atoms with Gasteiger partial charge in [0.15, 0.2) is 0 Å². The second kappa shape index (κ2) is 7.08. The molecule has 5 aromatic rings. The van der Waals surface area contributed by atoms with E-state index >= 15 is 0 Å². The molecule has 6 nitrogen and oxygen atoms in total. The van der Waals surface area contributed by atoms with E-state index in [1.807, 2.05) is 24.4 Å². The quantitative estimate of drug-likeness (QED) is 0.362. The Labute approximate surface area is 159 Å². The van der Waals surface area contributed by atoms with E-state index in [9.17, 15) is 9.59 Å². The molecule has 0 unspecified atom stereocenters. The lowest BCUT2D eigenvalue weighted by atomic mass is 10.0. The number of hydrogen-bond donors (Lipinski definition) is 4. The number of fused-ring (bicyclic) bond motifs is 4. The molecular formula is C22H19N3O3. The zero-order chi connectivity index (χ0) is 19.7. The molecule has 140 valence electrons. The van der Waals surface area contributed by atoms with Gasteiger partial charge in [-0.1, -0.05) is 19.1 Å². The Morgan fingerprint density at radius 1 is 0.893 bits per heavy atom. The number of carboxylic acid groups (broad SMARTS) is 1. The van der Waals surface area contributed by atoms with Crippen LogP contribution < -0.4 is 5.56 Å². The molecule has 0 radical (unpaired) electrons. The third-order valence-corrected chi connectivity index (χ3v) is 4.72. The highest BCUT2D eigenvalue weighted by Gasteiger charge is 2.08. The van der Waals surface area contributed by atoms with Crippen molar-refractivity contribution >= 4 is 38.7 Å². The zero-order valence-corrected chi connectivity index (χ0v) is 15.2. The summed E-state index contributed by atoms with van der Waals surface area (Å²) in [6.45, 7) is 1.60. The minimum absolute atomic E-state index is 0.0843. The number of aliphatic carboxylic acids is 1. The Kier molecular flexibility index (Phi) is 4.45. The minimum atomic E-state index is -0.745. The second-order valence-corrected chi connectivity index (χ2v) is 6.51. The maximum atomic E-state index is 12.0. The van der Waals surface area contributed by atoms with Crippen molar-refractivity contribution in [3.63, 3.8) is 0 Å². The number of pyridine rings is 1. The van der Waals surface area contributed by atoms with Crippen molar-refractivity contribution in [2.24, 2.45) is 0 Å². The first-order chi connectivity index (χ1) is 13.6. The van der Waals surface area contributed by atoms with E-state index < -0.39 is 5.97 Å². The first-order valence-corrected chi connectivity index (χ1v) is 8.99. The molecule has 0 bridgehead atoms. The topological polar surface area (TPSA) is 102 Å². The van der Waals surface area contributed by atoms with Crippen molar-refractivity contribution in [3.8, 4) is 11.1 Å². The fourth-order valence-corrected chi connectivity index (χ4v) is 3.26. The van der Waals surface area contributed by atoms with Crippen LogP contribution in [0.5, 0.6) is 0 Å². The maximum absolute atomic E-state index is 12.0. The maximum Gasteiger partial charge on any atom is 0.303 e. The molecule has 0 amide bonds. The molecule has 0 aliphatic heterocycles. The predicted octanol–water partition coefficient (Wildman–Crippen LogP) is 4.64. The summed E-state index contributed by atoms with van der Waals surface area (Å²) >= 11 is 0. The third-order valence-electron chi connectivity index (χ3n) is 4.72. The number of carbonyl (C=O) groups is 1. The van der Waals surface area contributed by atoms with Gasteiger partial charge in [0.05, 0.1) is 0 Å². The molecule has 0 atom stereocenters. The average Bonchev–Trinajstić information content (AvgIpc) is 3.37. The molecule has 3 aromatic heterocycles. The van der Waals surface area contributed by atoms with Gasteiger partial charge >= 0.3 is 5.97 Å². The molecule has 0 fully saturated rings. The number of aromatic amines is 3. The van der Waals surface area contributed by atoms with Crippen molar-refractivity contribution in [3.05, 3.63) is 71.3 Å². The Morgan fingerprint density at radius 2 is 1.57 bits per heavy atom. The lowest BCUT2D eigenvalue weighted by Crippen LogP contribution is -2.05. The van der Waals surface area contributed by atoms with Gasteiger partial charge in [-0.2, -0.15) is 0 Å². The molecule has 0 saturated heterocycles. The highest BCUT2D eigenvalue weighted by molar-refractivity contribution is 6.05. The van der Waals surface area contributed by atoms with Crippen LogP contribution in [-0.4, -0.2) is 26.0 Å². The van der Waals surface area contributed by atoms with Gasteiger partial charge in [0.25, 0.3) is 5.56 Å². The van der Waals surface area contributed by atoms with Crippen LogP contribution in [0, 0.1) is 0 Å². The van der Waals surface area contributed by atoms with E-state index in [2.05, 4.69) is 45.3 Å². The molecule has 0 saturated carbocycles. The van der Waals surface area contributed by atoms with E-state index in [4.69, 9.17) is 5.11 Å². The number of nitrogens with one attached hydrogen (secondary N) is 3. The molecule has 0 aliphatic carbocycles. The van der Waals surface area contributed by atoms with Crippen LogP contribution in [-0.2, 0) is 4.79 Å². The molecular weight excluding hydrogens is 354 g/mol. The van der Waals surface area contributed by atoms with Crippen molar-refractivity contribution in [2.75, 3.05) is 0 Å². The standard InChI is InChI=1S/C19H13N3O.C3H6O2/c23-19-18-14(6-8-21-18)15-10-12(2-4-17(15)22-19)11-1-3-16-13(9-11)5-7-20-16;1-2-3(4)5/h1-10,20-21H,(H,22,23);2H2,1H3,(H,4,5). The third kappa shape index (κ3) is 3.16. The van der Waals surface area contributed by atoms with Crippen LogP contribution in [0.3, 0.4) is 0 Å². The number of carboxylic acids is 1. The highest BCUT2D eigenvalue weighted by atomic mass is 16.4. The monoisotopic (exact) mass is 373 g/mol. The first kappa shape index (κ1) is 17.6. The van der Waals surface area contributed by atoms with Gasteiger partial charge < -0.3 is 20.1 Å². The Bertz CT molecular complexity index is 1360. The summed E-state index contributed by atoms with van der Waals surface area (Å²) < 4.78 is 0. The number of H-pyrrole nitrogens is 3. The molecule has 5 rings (SSSR count). The van der Waals surface area contributed by atoms with Gasteiger partial charge in [-0.05, 0) is 52.9 Å². The lowest BCUT2D eigenvalue weighted by Gasteiger charge is -2.06. The Balaban J connectivity index is 0.000000346. The summed E-state index contributed by atoms with van der Waals surface area (Å²) in [5.74, 6) is -0.745. The molecule has 3 heterocycles. The van der Waals surface area contributed by atoms with Crippen molar-refractivity contribution in [1.82, 2.24) is 15.0 Å². The molecule has 4 N–H and O–H groups in total. The molecule has 0 aliphatic rings. The van der Waals surface area contributed by atoms with Crippen LogP contribution in [0.4, 0.5) is 0 Å². The van der Waals surface area contributed by atoms with Crippen LogP contribution in [0.15, 0.2) is 65.7 Å². The van der Waals surface area contributed by atoms with E-state index in [0.29, 0.717) is 5.52 Å². The first-order valence-electron chi connectivity index (χ1n) is 8.99. The largest absolute Gasteiger partial charge is 0.481 e. The summed E-state index contributed by atoms with van der Waals surface area (Å²) in [5.41, 5.74) is 4.82. The van der Waals surface area contributed by atoms with Crippen molar-refractivity contribution in [2.45, 2.75) is 13.3 Å². The van der Waals surface area contributed by atoms with Gasteiger partial charge in [-0.25, -0.2) is 0 Å². The SMILES string of the molecule is CCC(=O)O.O=c1[nH]c2ccc(-c3ccc4[nH]ccc4c3)cc2c2cc[nH]c12. The van der Waals surface area contributed by atoms with Crippen LogP contribution in [0.1, 0.15) is 13.3 Å². The van der Waals surface area contributed by atoms with Gasteiger partial charge in [0.2, 0.25) is 0 Å². The normalized spacial score (nSPS) is 10.9. The summed E-state index contributed by atoms with van der Waals surface area (Å²) in [6.07, 6.45) is 3.97. The smallest absolute Gasteiger partial charge is 0.303 e.